The third-order valence-electron chi connectivity index (χ3n) is 1.69. The molecule has 1 aliphatic rings. The molecule has 0 bridgehead atoms. The molecular formula is C8H11NO2. The molecule has 0 saturated heterocycles. The number of carbonyl (C=O) groups is 1. The highest BCUT2D eigenvalue weighted by Crippen LogP contribution is 2.18. The first-order valence-electron chi connectivity index (χ1n) is 3.53. The minimum atomic E-state index is -0.807. The average Bonchev–Trinajstić information content (AvgIpc) is 1.93. The highest BCUT2D eigenvalue weighted by Gasteiger charge is 2.08. The molecule has 3 heteroatoms. The zero-order chi connectivity index (χ0) is 8.27. The van der Waals surface area contributed by atoms with Gasteiger partial charge in [-0.05, 0) is 12.0 Å². The van der Waals surface area contributed by atoms with Crippen molar-refractivity contribution in [1.82, 2.24) is 0 Å². The molecule has 0 atom stereocenters. The van der Waals surface area contributed by atoms with Crippen molar-refractivity contribution in [2.75, 3.05) is 0 Å². The van der Waals surface area contributed by atoms with E-state index in [1.165, 1.54) is 0 Å². The first-order chi connectivity index (χ1) is 5.20. The number of hydrogen-bond acceptors (Lipinski definition) is 2. The third kappa shape index (κ3) is 2.11. The van der Waals surface area contributed by atoms with Gasteiger partial charge in [0.05, 0.1) is 6.42 Å². The second-order valence-corrected chi connectivity index (χ2v) is 2.58. The normalized spacial score (nSPS) is 17.1. The van der Waals surface area contributed by atoms with Crippen LogP contribution in [0.4, 0.5) is 0 Å². The summed E-state index contributed by atoms with van der Waals surface area (Å²) in [7, 11) is 0. The number of carboxylic acid groups (broad SMARTS) is 1. The maximum atomic E-state index is 10.3. The number of carboxylic acids is 1. The zero-order valence-electron chi connectivity index (χ0n) is 6.21. The van der Waals surface area contributed by atoms with Gasteiger partial charge < -0.3 is 10.8 Å². The van der Waals surface area contributed by atoms with Crippen molar-refractivity contribution in [2.24, 2.45) is 5.73 Å². The van der Waals surface area contributed by atoms with E-state index in [1.807, 2.05) is 12.2 Å². The van der Waals surface area contributed by atoms with Crippen LogP contribution in [-0.4, -0.2) is 11.1 Å². The van der Waals surface area contributed by atoms with Gasteiger partial charge in [0.25, 0.3) is 0 Å². The van der Waals surface area contributed by atoms with Gasteiger partial charge >= 0.3 is 5.97 Å². The van der Waals surface area contributed by atoms with Crippen molar-refractivity contribution in [3.05, 3.63) is 23.4 Å². The quantitative estimate of drug-likeness (QED) is 0.582. The molecule has 0 aromatic rings. The van der Waals surface area contributed by atoms with Crippen LogP contribution in [0.15, 0.2) is 23.4 Å². The second-order valence-electron chi connectivity index (χ2n) is 2.58. The molecule has 0 spiro atoms. The van der Waals surface area contributed by atoms with E-state index in [4.69, 9.17) is 10.8 Å². The standard InChI is InChI=1S/C8H11NO2/c9-7-4-2-1-3-6(7)5-8(10)11/h1-2H,3-5,9H2,(H,10,11). The molecule has 3 nitrogen and oxygen atoms in total. The van der Waals surface area contributed by atoms with Crippen LogP contribution in [0.2, 0.25) is 0 Å². The molecule has 0 aromatic carbocycles. The Morgan fingerprint density at radius 1 is 1.55 bits per heavy atom. The molecule has 11 heavy (non-hydrogen) atoms. The molecular weight excluding hydrogens is 142 g/mol. The van der Waals surface area contributed by atoms with Gasteiger partial charge in [0.2, 0.25) is 0 Å². The molecule has 0 radical (unpaired) electrons. The number of hydrogen-bond donors (Lipinski definition) is 2. The van der Waals surface area contributed by atoms with E-state index in [9.17, 15) is 4.79 Å². The van der Waals surface area contributed by atoms with Gasteiger partial charge in [-0.25, -0.2) is 0 Å². The molecule has 0 aliphatic heterocycles. The molecule has 0 unspecified atom stereocenters. The van der Waals surface area contributed by atoms with Gasteiger partial charge in [0, 0.05) is 12.1 Å². The summed E-state index contributed by atoms with van der Waals surface area (Å²) >= 11 is 0. The summed E-state index contributed by atoms with van der Waals surface area (Å²) < 4.78 is 0. The average molecular weight is 153 g/mol. The monoisotopic (exact) mass is 153 g/mol. The molecule has 0 heterocycles. The number of rotatable bonds is 2. The summed E-state index contributed by atoms with van der Waals surface area (Å²) in [5.41, 5.74) is 7.16. The van der Waals surface area contributed by atoms with Crippen molar-refractivity contribution in [2.45, 2.75) is 19.3 Å². The van der Waals surface area contributed by atoms with E-state index in [2.05, 4.69) is 0 Å². The van der Waals surface area contributed by atoms with Crippen LogP contribution in [-0.2, 0) is 4.79 Å². The summed E-state index contributed by atoms with van der Waals surface area (Å²) in [6, 6.07) is 0. The molecule has 3 N–H and O–H groups in total. The van der Waals surface area contributed by atoms with E-state index >= 15 is 0 Å². The van der Waals surface area contributed by atoms with Crippen molar-refractivity contribution in [3.8, 4) is 0 Å². The molecule has 1 rings (SSSR count). The van der Waals surface area contributed by atoms with Crippen LogP contribution in [0.1, 0.15) is 19.3 Å². The SMILES string of the molecule is NC1=C(CC(=O)O)CC=CC1. The Hall–Kier alpha value is -1.25. The van der Waals surface area contributed by atoms with Crippen molar-refractivity contribution in [1.29, 1.82) is 0 Å². The van der Waals surface area contributed by atoms with Gasteiger partial charge in [-0.1, -0.05) is 12.2 Å². The highest BCUT2D eigenvalue weighted by molar-refractivity contribution is 5.70. The molecule has 60 valence electrons. The van der Waals surface area contributed by atoms with Gasteiger partial charge in [-0.15, -0.1) is 0 Å². The predicted octanol–water partition coefficient (Wildman–Crippen LogP) is 1.02. The maximum absolute atomic E-state index is 10.3. The lowest BCUT2D eigenvalue weighted by atomic mass is 10.0. The van der Waals surface area contributed by atoms with Gasteiger partial charge in [-0.3, -0.25) is 4.79 Å². The van der Waals surface area contributed by atoms with Crippen LogP contribution in [0, 0.1) is 0 Å². The number of aliphatic carboxylic acids is 1. The van der Waals surface area contributed by atoms with E-state index in [0.29, 0.717) is 12.8 Å². The minimum Gasteiger partial charge on any atom is -0.481 e. The Balaban J connectivity index is 2.61. The van der Waals surface area contributed by atoms with E-state index < -0.39 is 5.97 Å². The maximum Gasteiger partial charge on any atom is 0.307 e. The number of allylic oxidation sites excluding steroid dienone is 2. The Morgan fingerprint density at radius 2 is 2.18 bits per heavy atom. The molecule has 0 saturated carbocycles. The highest BCUT2D eigenvalue weighted by atomic mass is 16.4. The smallest absolute Gasteiger partial charge is 0.307 e. The third-order valence-corrected chi connectivity index (χ3v) is 1.69. The van der Waals surface area contributed by atoms with Crippen molar-refractivity contribution >= 4 is 5.97 Å². The molecule has 0 amide bonds. The van der Waals surface area contributed by atoms with E-state index in [-0.39, 0.29) is 6.42 Å². The Labute approximate surface area is 65.2 Å². The molecule has 0 aromatic heterocycles. The number of nitrogens with two attached hydrogens (primary N) is 1. The van der Waals surface area contributed by atoms with Crippen LogP contribution in [0.3, 0.4) is 0 Å². The molecule has 1 aliphatic carbocycles. The Morgan fingerprint density at radius 3 is 2.73 bits per heavy atom. The van der Waals surface area contributed by atoms with Gasteiger partial charge in [-0.2, -0.15) is 0 Å². The first kappa shape index (κ1) is 7.85. The zero-order valence-corrected chi connectivity index (χ0v) is 6.21. The first-order valence-corrected chi connectivity index (χ1v) is 3.53. The lowest BCUT2D eigenvalue weighted by Crippen LogP contribution is -2.08. The predicted molar refractivity (Wildman–Crippen MR) is 41.8 cm³/mol. The topological polar surface area (TPSA) is 63.3 Å². The Bertz CT molecular complexity index is 228. The minimum absolute atomic E-state index is 0.0795. The van der Waals surface area contributed by atoms with E-state index in [1.54, 1.807) is 0 Å². The fourth-order valence-corrected chi connectivity index (χ4v) is 1.08. The lowest BCUT2D eigenvalue weighted by molar-refractivity contribution is -0.136. The fourth-order valence-electron chi connectivity index (χ4n) is 1.08. The van der Waals surface area contributed by atoms with Crippen LogP contribution < -0.4 is 5.73 Å². The summed E-state index contributed by atoms with van der Waals surface area (Å²) in [6.07, 6.45) is 5.38. The largest absolute Gasteiger partial charge is 0.481 e. The van der Waals surface area contributed by atoms with Crippen LogP contribution >= 0.6 is 0 Å². The summed E-state index contributed by atoms with van der Waals surface area (Å²) in [5.74, 6) is -0.807. The summed E-state index contributed by atoms with van der Waals surface area (Å²) in [4.78, 5) is 10.3. The Kier molecular flexibility index (Phi) is 2.31. The van der Waals surface area contributed by atoms with Crippen molar-refractivity contribution in [3.63, 3.8) is 0 Å². The summed E-state index contributed by atoms with van der Waals surface area (Å²) in [6.45, 7) is 0. The van der Waals surface area contributed by atoms with Crippen molar-refractivity contribution < 1.29 is 9.90 Å². The fraction of sp³-hybridized carbons (Fsp3) is 0.375. The molecule has 0 fully saturated rings. The van der Waals surface area contributed by atoms with Crippen LogP contribution in [0.25, 0.3) is 0 Å². The van der Waals surface area contributed by atoms with Crippen LogP contribution in [0.5, 0.6) is 0 Å². The summed E-state index contributed by atoms with van der Waals surface area (Å²) in [5, 5.41) is 8.47. The van der Waals surface area contributed by atoms with Gasteiger partial charge in [0.1, 0.15) is 0 Å². The second kappa shape index (κ2) is 3.23. The van der Waals surface area contributed by atoms with Gasteiger partial charge in [0.15, 0.2) is 0 Å². The van der Waals surface area contributed by atoms with E-state index in [0.717, 1.165) is 11.3 Å². The lowest BCUT2D eigenvalue weighted by Gasteiger charge is -2.10.